The maximum Gasteiger partial charge on any atom is 0.247 e. The van der Waals surface area contributed by atoms with Crippen LogP contribution in [0.25, 0.3) is 11.2 Å². The van der Waals surface area contributed by atoms with E-state index in [-0.39, 0.29) is 11.8 Å². The molecule has 9 heteroatoms. The predicted octanol–water partition coefficient (Wildman–Crippen LogP) is 1.82. The molecule has 2 aromatic rings. The van der Waals surface area contributed by atoms with E-state index in [1.165, 1.54) is 12.4 Å². The molecule has 3 rings (SSSR count). The number of anilines is 1. The summed E-state index contributed by atoms with van der Waals surface area (Å²) in [6.07, 6.45) is 2.17. The third-order valence-corrected chi connectivity index (χ3v) is 4.60. The first-order chi connectivity index (χ1) is 11.8. The Morgan fingerprint density at radius 1 is 1.52 bits per heavy atom. The Hall–Kier alpha value is -2.26. The van der Waals surface area contributed by atoms with E-state index >= 15 is 4.39 Å². The molecule has 1 aliphatic heterocycles. The van der Waals surface area contributed by atoms with Crippen LogP contribution in [0.15, 0.2) is 19.0 Å². The topological polar surface area (TPSA) is 108 Å². The van der Waals surface area contributed by atoms with E-state index in [9.17, 15) is 5.11 Å². The number of imidazole rings is 1. The largest absolute Gasteiger partial charge is 0.476 e. The first-order valence-corrected chi connectivity index (χ1v) is 8.01. The number of alkyl halides is 1. The van der Waals surface area contributed by atoms with Crippen LogP contribution >= 0.6 is 0 Å². The molecule has 3 heterocycles. The van der Waals surface area contributed by atoms with Crippen LogP contribution in [0.1, 0.15) is 27.0 Å². The second-order valence-electron chi connectivity index (χ2n) is 6.59. The van der Waals surface area contributed by atoms with Crippen LogP contribution in [0.5, 0.6) is 5.88 Å². The molecule has 0 spiro atoms. The van der Waals surface area contributed by atoms with Gasteiger partial charge in [-0.2, -0.15) is 9.97 Å². The number of aliphatic hydroxyl groups is 1. The fourth-order valence-corrected chi connectivity index (χ4v) is 3.47. The number of nitrogens with zero attached hydrogens (tertiary/aromatic N) is 4. The Labute approximate surface area is 144 Å². The van der Waals surface area contributed by atoms with Gasteiger partial charge in [0.05, 0.1) is 12.9 Å². The van der Waals surface area contributed by atoms with Crippen molar-refractivity contribution in [3.63, 3.8) is 0 Å². The lowest BCUT2D eigenvalue weighted by molar-refractivity contribution is -0.188. The molecular formula is C16H22FN5O3. The number of aliphatic hydroxyl groups excluding tert-OH is 1. The Kier molecular flexibility index (Phi) is 4.16. The lowest BCUT2D eigenvalue weighted by Crippen LogP contribution is -2.37. The van der Waals surface area contributed by atoms with E-state index in [0.717, 1.165) is 0 Å². The lowest BCUT2D eigenvalue weighted by Gasteiger charge is -2.30. The van der Waals surface area contributed by atoms with Gasteiger partial charge in [-0.3, -0.25) is 4.57 Å². The number of rotatable bonds is 5. The minimum absolute atomic E-state index is 0.0162. The Morgan fingerprint density at radius 3 is 2.80 bits per heavy atom. The summed E-state index contributed by atoms with van der Waals surface area (Å²) in [6, 6.07) is 0. The van der Waals surface area contributed by atoms with E-state index < -0.39 is 30.0 Å². The standard InChI is InChI=1S/C16H22FN5O3/c1-5-9-15(3,4)13(25-16(9,17)7-23)22-8-19-10-11(22)20-14(18)21-12(10)24-6-2/h5,8-9,13,23H,1,6-7H2,2-4H3,(H2,18,20,21)/t9-,13+,16+/m0/s1. The molecule has 136 valence electrons. The Morgan fingerprint density at radius 2 is 2.24 bits per heavy atom. The maximum atomic E-state index is 15.1. The molecule has 0 bridgehead atoms. The van der Waals surface area contributed by atoms with E-state index in [1.807, 2.05) is 20.8 Å². The van der Waals surface area contributed by atoms with Gasteiger partial charge >= 0.3 is 0 Å². The number of nitrogen functional groups attached to an aromatic ring is 1. The lowest BCUT2D eigenvalue weighted by atomic mass is 9.76. The van der Waals surface area contributed by atoms with Gasteiger partial charge in [-0.1, -0.05) is 19.9 Å². The van der Waals surface area contributed by atoms with Crippen molar-refractivity contribution in [2.75, 3.05) is 18.9 Å². The first-order valence-electron chi connectivity index (χ1n) is 8.01. The van der Waals surface area contributed by atoms with Crippen molar-refractivity contribution in [2.24, 2.45) is 11.3 Å². The summed E-state index contributed by atoms with van der Waals surface area (Å²) in [4.78, 5) is 12.5. The van der Waals surface area contributed by atoms with E-state index in [0.29, 0.717) is 17.8 Å². The highest BCUT2D eigenvalue weighted by Crippen LogP contribution is 2.55. The van der Waals surface area contributed by atoms with Gasteiger partial charge in [0.15, 0.2) is 11.2 Å². The third kappa shape index (κ3) is 2.54. The van der Waals surface area contributed by atoms with Crippen LogP contribution in [-0.2, 0) is 4.74 Å². The third-order valence-electron chi connectivity index (χ3n) is 4.60. The van der Waals surface area contributed by atoms with Gasteiger partial charge in [-0.25, -0.2) is 9.37 Å². The molecular weight excluding hydrogens is 329 g/mol. The Balaban J connectivity index is 2.15. The number of ether oxygens (including phenoxy) is 2. The number of fused-ring (bicyclic) bond motifs is 1. The van der Waals surface area contributed by atoms with Crippen molar-refractivity contribution >= 4 is 17.1 Å². The molecule has 1 fully saturated rings. The molecule has 0 saturated carbocycles. The average molecular weight is 351 g/mol. The number of hydrogen-bond donors (Lipinski definition) is 2. The number of aromatic nitrogens is 4. The van der Waals surface area contributed by atoms with Crippen LogP contribution < -0.4 is 10.5 Å². The van der Waals surface area contributed by atoms with Gasteiger partial charge < -0.3 is 20.3 Å². The van der Waals surface area contributed by atoms with Gasteiger partial charge in [0, 0.05) is 11.3 Å². The van der Waals surface area contributed by atoms with E-state index in [4.69, 9.17) is 15.2 Å². The number of halogens is 1. The molecule has 1 aliphatic rings. The SMILES string of the molecule is C=C[C@H]1C(C)(C)[C@H](n2cnc3c(OCC)nc(N)nc32)O[C@]1(F)CO. The molecule has 8 nitrogen and oxygen atoms in total. The second-order valence-corrected chi connectivity index (χ2v) is 6.59. The summed E-state index contributed by atoms with van der Waals surface area (Å²) in [5.41, 5.74) is 5.83. The van der Waals surface area contributed by atoms with Gasteiger partial charge in [-0.15, -0.1) is 6.58 Å². The summed E-state index contributed by atoms with van der Waals surface area (Å²) in [5, 5.41) is 9.51. The molecule has 0 aromatic carbocycles. The van der Waals surface area contributed by atoms with Gasteiger partial charge in [0.25, 0.3) is 0 Å². The van der Waals surface area contributed by atoms with Gasteiger partial charge in [0.2, 0.25) is 17.7 Å². The van der Waals surface area contributed by atoms with Crippen LogP contribution in [-0.4, -0.2) is 43.7 Å². The first kappa shape index (κ1) is 17.6. The van der Waals surface area contributed by atoms with E-state index in [2.05, 4.69) is 21.5 Å². The molecule has 2 aromatic heterocycles. The van der Waals surface area contributed by atoms with Gasteiger partial charge in [-0.05, 0) is 6.92 Å². The van der Waals surface area contributed by atoms with Crippen LogP contribution in [0, 0.1) is 11.3 Å². The van der Waals surface area contributed by atoms with Crippen molar-refractivity contribution < 1.29 is 19.0 Å². The Bertz CT molecular complexity index is 808. The summed E-state index contributed by atoms with van der Waals surface area (Å²) >= 11 is 0. The molecule has 3 N–H and O–H groups in total. The van der Waals surface area contributed by atoms with Crippen molar-refractivity contribution in [2.45, 2.75) is 32.9 Å². The van der Waals surface area contributed by atoms with Crippen molar-refractivity contribution in [1.82, 2.24) is 19.5 Å². The predicted molar refractivity (Wildman–Crippen MR) is 89.4 cm³/mol. The summed E-state index contributed by atoms with van der Waals surface area (Å²) in [6.45, 7) is 8.79. The van der Waals surface area contributed by atoms with Crippen molar-refractivity contribution in [1.29, 1.82) is 0 Å². The summed E-state index contributed by atoms with van der Waals surface area (Å²) in [5.74, 6) is -2.69. The number of nitrogens with two attached hydrogens (primary N) is 1. The van der Waals surface area contributed by atoms with E-state index in [1.54, 1.807) is 4.57 Å². The molecule has 3 atom stereocenters. The quantitative estimate of drug-likeness (QED) is 0.791. The molecule has 0 radical (unpaired) electrons. The molecule has 0 unspecified atom stereocenters. The average Bonchev–Trinajstić information content (AvgIpc) is 3.04. The minimum Gasteiger partial charge on any atom is -0.476 e. The normalized spacial score (nSPS) is 28.4. The van der Waals surface area contributed by atoms with Crippen molar-refractivity contribution in [3.05, 3.63) is 19.0 Å². The summed E-state index contributed by atoms with van der Waals surface area (Å²) < 4.78 is 27.7. The molecule has 0 aliphatic carbocycles. The van der Waals surface area contributed by atoms with Gasteiger partial charge in [0.1, 0.15) is 12.8 Å². The maximum absolute atomic E-state index is 15.1. The zero-order valence-electron chi connectivity index (χ0n) is 14.4. The molecule has 1 saturated heterocycles. The molecule has 0 amide bonds. The highest BCUT2D eigenvalue weighted by molar-refractivity contribution is 5.77. The number of hydrogen-bond acceptors (Lipinski definition) is 7. The summed E-state index contributed by atoms with van der Waals surface area (Å²) in [7, 11) is 0. The van der Waals surface area contributed by atoms with Crippen molar-refractivity contribution in [3.8, 4) is 5.88 Å². The minimum atomic E-state index is -2.24. The van der Waals surface area contributed by atoms with Crippen LogP contribution in [0.3, 0.4) is 0 Å². The smallest absolute Gasteiger partial charge is 0.247 e. The van der Waals surface area contributed by atoms with Crippen LogP contribution in [0.2, 0.25) is 0 Å². The van der Waals surface area contributed by atoms with Crippen LogP contribution in [0.4, 0.5) is 10.3 Å². The highest BCUT2D eigenvalue weighted by Gasteiger charge is 2.59. The second kappa shape index (κ2) is 5.92. The zero-order chi connectivity index (χ0) is 18.4. The zero-order valence-corrected chi connectivity index (χ0v) is 14.4. The fraction of sp³-hybridized carbons (Fsp3) is 0.562. The highest BCUT2D eigenvalue weighted by atomic mass is 19.2. The fourth-order valence-electron chi connectivity index (χ4n) is 3.47. The monoisotopic (exact) mass is 351 g/mol. The molecule has 25 heavy (non-hydrogen) atoms.